The van der Waals surface area contributed by atoms with Gasteiger partial charge in [-0.05, 0) is 18.9 Å². The van der Waals surface area contributed by atoms with Gasteiger partial charge in [-0.1, -0.05) is 11.6 Å². The largest absolute Gasteiger partial charge is 0.396 e. The molecule has 0 aromatic carbocycles. The van der Waals surface area contributed by atoms with Crippen LogP contribution >= 0.6 is 11.6 Å². The van der Waals surface area contributed by atoms with Crippen molar-refractivity contribution in [3.05, 3.63) is 22.8 Å². The number of aromatic nitrogens is 1. The lowest BCUT2D eigenvalue weighted by molar-refractivity contribution is 0.285. The highest BCUT2D eigenvalue weighted by atomic mass is 35.5. The molecule has 0 radical (unpaired) electrons. The minimum absolute atomic E-state index is 0.200. The fourth-order valence-electron chi connectivity index (χ4n) is 1.06. The first-order valence-corrected chi connectivity index (χ1v) is 5.14. The second-order valence-electron chi connectivity index (χ2n) is 3.06. The summed E-state index contributed by atoms with van der Waals surface area (Å²) in [6, 6.07) is 1.67. The number of aliphatic hydroxyl groups is 1. The van der Waals surface area contributed by atoms with Crippen LogP contribution in [0.5, 0.6) is 0 Å². The molecule has 0 bridgehead atoms. The van der Waals surface area contributed by atoms with Crippen LogP contribution in [0.25, 0.3) is 0 Å². The Balaban J connectivity index is 2.56. The van der Waals surface area contributed by atoms with Crippen molar-refractivity contribution in [1.29, 1.82) is 0 Å². The SMILES string of the molecule is Nc1nccc(Cl)c1C=NCCCCO. The van der Waals surface area contributed by atoms with E-state index >= 15 is 0 Å². The van der Waals surface area contributed by atoms with Crippen LogP contribution in [0.4, 0.5) is 5.82 Å². The Hall–Kier alpha value is -1.13. The zero-order chi connectivity index (χ0) is 11.1. The first-order chi connectivity index (χ1) is 7.25. The van der Waals surface area contributed by atoms with Crippen LogP contribution in [0.1, 0.15) is 18.4 Å². The van der Waals surface area contributed by atoms with Crippen molar-refractivity contribution < 1.29 is 5.11 Å². The molecule has 0 atom stereocenters. The van der Waals surface area contributed by atoms with E-state index < -0.39 is 0 Å². The zero-order valence-corrected chi connectivity index (χ0v) is 9.11. The van der Waals surface area contributed by atoms with Gasteiger partial charge in [0, 0.05) is 25.6 Å². The quantitative estimate of drug-likeness (QED) is 0.592. The number of pyridine rings is 1. The van der Waals surface area contributed by atoms with Crippen molar-refractivity contribution in [2.45, 2.75) is 12.8 Å². The van der Waals surface area contributed by atoms with E-state index in [-0.39, 0.29) is 6.61 Å². The predicted molar refractivity (Wildman–Crippen MR) is 62.4 cm³/mol. The first-order valence-electron chi connectivity index (χ1n) is 4.76. The normalized spacial score (nSPS) is 11.1. The molecule has 0 aliphatic heterocycles. The zero-order valence-electron chi connectivity index (χ0n) is 8.36. The van der Waals surface area contributed by atoms with E-state index in [4.69, 9.17) is 22.4 Å². The van der Waals surface area contributed by atoms with E-state index in [2.05, 4.69) is 9.98 Å². The minimum Gasteiger partial charge on any atom is -0.396 e. The van der Waals surface area contributed by atoms with Crippen molar-refractivity contribution in [2.24, 2.45) is 4.99 Å². The van der Waals surface area contributed by atoms with Crippen LogP contribution in [0.15, 0.2) is 17.3 Å². The molecule has 0 spiro atoms. The van der Waals surface area contributed by atoms with Gasteiger partial charge < -0.3 is 10.8 Å². The summed E-state index contributed by atoms with van der Waals surface area (Å²) in [6.07, 6.45) is 4.79. The number of aliphatic hydroxyl groups excluding tert-OH is 1. The van der Waals surface area contributed by atoms with Gasteiger partial charge in [0.2, 0.25) is 0 Å². The molecule has 15 heavy (non-hydrogen) atoms. The molecule has 1 aromatic heterocycles. The van der Waals surface area contributed by atoms with Crippen molar-refractivity contribution in [1.82, 2.24) is 4.98 Å². The van der Waals surface area contributed by atoms with Crippen molar-refractivity contribution >= 4 is 23.6 Å². The molecule has 82 valence electrons. The Labute approximate surface area is 93.8 Å². The van der Waals surface area contributed by atoms with Gasteiger partial charge in [0.05, 0.1) is 10.6 Å². The summed E-state index contributed by atoms with van der Waals surface area (Å²) in [5.41, 5.74) is 6.29. The Morgan fingerprint density at radius 1 is 1.53 bits per heavy atom. The van der Waals surface area contributed by atoms with E-state index in [1.165, 1.54) is 0 Å². The summed E-state index contributed by atoms with van der Waals surface area (Å²) < 4.78 is 0. The lowest BCUT2D eigenvalue weighted by Crippen LogP contribution is -1.97. The Bertz CT molecular complexity index is 321. The van der Waals surface area contributed by atoms with Gasteiger partial charge in [0.15, 0.2) is 0 Å². The van der Waals surface area contributed by atoms with Crippen molar-refractivity contribution in [3.63, 3.8) is 0 Å². The highest BCUT2D eigenvalue weighted by Gasteiger charge is 2.01. The summed E-state index contributed by atoms with van der Waals surface area (Å²) in [5, 5.41) is 9.12. The molecule has 0 aliphatic rings. The molecule has 0 saturated heterocycles. The second-order valence-corrected chi connectivity index (χ2v) is 3.46. The number of nitrogens with zero attached hydrogens (tertiary/aromatic N) is 2. The van der Waals surface area contributed by atoms with Crippen LogP contribution in [0.3, 0.4) is 0 Å². The maximum atomic E-state index is 8.57. The fourth-order valence-corrected chi connectivity index (χ4v) is 1.27. The topological polar surface area (TPSA) is 71.5 Å². The highest BCUT2D eigenvalue weighted by Crippen LogP contribution is 2.17. The third-order valence-corrected chi connectivity index (χ3v) is 2.21. The number of halogens is 1. The third-order valence-electron chi connectivity index (χ3n) is 1.88. The molecule has 0 aliphatic carbocycles. The molecule has 1 heterocycles. The number of nitrogen functional groups attached to an aromatic ring is 1. The number of rotatable bonds is 5. The van der Waals surface area contributed by atoms with Gasteiger partial charge in [-0.25, -0.2) is 4.98 Å². The molecular formula is C10H14ClN3O. The molecule has 0 amide bonds. The summed E-state index contributed by atoms with van der Waals surface area (Å²) in [4.78, 5) is 8.08. The summed E-state index contributed by atoms with van der Waals surface area (Å²) in [7, 11) is 0. The molecule has 1 aromatic rings. The molecule has 3 N–H and O–H groups in total. The number of anilines is 1. The fraction of sp³-hybridized carbons (Fsp3) is 0.400. The smallest absolute Gasteiger partial charge is 0.133 e. The van der Waals surface area contributed by atoms with Gasteiger partial charge >= 0.3 is 0 Å². The average molecular weight is 228 g/mol. The third kappa shape index (κ3) is 3.85. The van der Waals surface area contributed by atoms with Crippen LogP contribution in [-0.4, -0.2) is 29.5 Å². The van der Waals surface area contributed by atoms with Gasteiger partial charge in [-0.2, -0.15) is 0 Å². The monoisotopic (exact) mass is 227 g/mol. The number of nitrogens with two attached hydrogens (primary N) is 1. The predicted octanol–water partition coefficient (Wildman–Crippen LogP) is 1.51. The lowest BCUT2D eigenvalue weighted by Gasteiger charge is -2.00. The number of hydrogen-bond acceptors (Lipinski definition) is 4. The number of unbranched alkanes of at least 4 members (excludes halogenated alkanes) is 1. The first kappa shape index (κ1) is 11.9. The molecule has 4 nitrogen and oxygen atoms in total. The van der Waals surface area contributed by atoms with Gasteiger partial charge in [0.25, 0.3) is 0 Å². The van der Waals surface area contributed by atoms with Crippen LogP contribution in [0.2, 0.25) is 5.02 Å². The maximum absolute atomic E-state index is 8.57. The second kappa shape index (κ2) is 6.37. The molecule has 5 heteroatoms. The van der Waals surface area contributed by atoms with E-state index in [1.807, 2.05) is 0 Å². The summed E-state index contributed by atoms with van der Waals surface area (Å²) >= 11 is 5.92. The van der Waals surface area contributed by atoms with E-state index in [0.29, 0.717) is 22.9 Å². The standard InChI is InChI=1S/C10H14ClN3O/c11-9-3-5-14-10(12)8(9)7-13-4-1-2-6-15/h3,5,7,15H,1-2,4,6H2,(H2,12,14). The summed E-state index contributed by atoms with van der Waals surface area (Å²) in [6.45, 7) is 0.858. The molecule has 0 fully saturated rings. The van der Waals surface area contributed by atoms with Crippen molar-refractivity contribution in [3.8, 4) is 0 Å². The minimum atomic E-state index is 0.200. The van der Waals surface area contributed by atoms with Crippen LogP contribution in [0, 0.1) is 0 Å². The Morgan fingerprint density at radius 2 is 2.33 bits per heavy atom. The summed E-state index contributed by atoms with van der Waals surface area (Å²) in [5.74, 6) is 0.383. The van der Waals surface area contributed by atoms with Gasteiger partial charge in [-0.3, -0.25) is 4.99 Å². The lowest BCUT2D eigenvalue weighted by atomic mass is 10.2. The molecule has 0 saturated carbocycles. The van der Waals surface area contributed by atoms with Crippen molar-refractivity contribution in [2.75, 3.05) is 18.9 Å². The van der Waals surface area contributed by atoms with E-state index in [1.54, 1.807) is 18.5 Å². The van der Waals surface area contributed by atoms with Crippen LogP contribution < -0.4 is 5.73 Å². The van der Waals surface area contributed by atoms with E-state index in [0.717, 1.165) is 12.8 Å². The Kier molecular flexibility index (Phi) is 5.07. The van der Waals surface area contributed by atoms with E-state index in [9.17, 15) is 0 Å². The van der Waals surface area contributed by atoms with Gasteiger partial charge in [-0.15, -0.1) is 0 Å². The maximum Gasteiger partial charge on any atom is 0.133 e. The Morgan fingerprint density at radius 3 is 3.00 bits per heavy atom. The van der Waals surface area contributed by atoms with Crippen LogP contribution in [-0.2, 0) is 0 Å². The number of aliphatic imine (C=N–C) groups is 1. The average Bonchev–Trinajstić information content (AvgIpc) is 2.21. The molecule has 0 unspecified atom stereocenters. The highest BCUT2D eigenvalue weighted by molar-refractivity contribution is 6.33. The van der Waals surface area contributed by atoms with Gasteiger partial charge in [0.1, 0.15) is 5.82 Å². The molecular weight excluding hydrogens is 214 g/mol. The molecule has 1 rings (SSSR count). The number of hydrogen-bond donors (Lipinski definition) is 2.